The van der Waals surface area contributed by atoms with Crippen LogP contribution in [0.2, 0.25) is 9.49 Å². The van der Waals surface area contributed by atoms with Crippen molar-refractivity contribution in [3.8, 4) is 0 Å². The van der Waals surface area contributed by atoms with Crippen molar-refractivity contribution in [1.29, 1.82) is 0 Å². The van der Waals surface area contributed by atoms with Gasteiger partial charge in [-0.2, -0.15) is 0 Å². The Balaban J connectivity index is 1.37. The molecule has 4 aromatic rings. The second-order valence-electron chi connectivity index (χ2n) is 8.12. The topological polar surface area (TPSA) is 50.2 Å². The summed E-state index contributed by atoms with van der Waals surface area (Å²) >= 11 is 16.1. The van der Waals surface area contributed by atoms with Crippen molar-refractivity contribution < 1.29 is 16.4 Å². The summed E-state index contributed by atoms with van der Waals surface area (Å²) in [7, 11) is 0. The average Bonchev–Trinajstić information content (AvgIpc) is 3.39. The van der Waals surface area contributed by atoms with Gasteiger partial charge in [-0.3, -0.25) is 9.47 Å². The first-order valence-corrected chi connectivity index (χ1v) is 13.2. The predicted octanol–water partition coefficient (Wildman–Crippen LogP) is 6.04. The molecule has 5 nitrogen and oxygen atoms in total. The van der Waals surface area contributed by atoms with Crippen LogP contribution in [0.4, 0.5) is 4.79 Å². The number of carbonyl (C=O) groups is 1. The van der Waals surface area contributed by atoms with Crippen LogP contribution in [0.1, 0.15) is 21.7 Å². The molecule has 1 aliphatic heterocycles. The molecule has 1 N–H and O–H groups in total. The number of hydrogen-bond donors (Lipinski definition) is 1. The summed E-state index contributed by atoms with van der Waals surface area (Å²) in [6.07, 6.45) is 6.82. The smallest absolute Gasteiger partial charge is 0.326 e. The lowest BCUT2D eigenvalue weighted by atomic mass is 10.0. The van der Waals surface area contributed by atoms with Crippen LogP contribution < -0.4 is 5.32 Å². The average molecular weight is 577 g/mol. The fourth-order valence-corrected chi connectivity index (χ4v) is 5.71. The monoisotopic (exact) mass is 575 g/mol. The number of benzene rings is 2. The third-order valence-electron chi connectivity index (χ3n) is 5.89. The molecule has 0 saturated heterocycles. The molecule has 174 valence electrons. The number of carbonyl (C=O) groups excluding carboxylic acids is 1. The predicted molar refractivity (Wildman–Crippen MR) is 139 cm³/mol. The van der Waals surface area contributed by atoms with Gasteiger partial charge in [-0.05, 0) is 41.5 Å². The summed E-state index contributed by atoms with van der Waals surface area (Å²) in [6.45, 7) is 2.92. The van der Waals surface area contributed by atoms with Crippen molar-refractivity contribution in [1.82, 2.24) is 19.8 Å². The molecule has 5 rings (SSSR count). The molecule has 0 radical (unpaired) electrons. The maximum atomic E-state index is 13.3. The van der Waals surface area contributed by atoms with E-state index in [1.54, 1.807) is 6.20 Å². The van der Waals surface area contributed by atoms with Crippen molar-refractivity contribution in [3.05, 3.63) is 90.4 Å². The molecule has 1 aliphatic rings. The van der Waals surface area contributed by atoms with Crippen molar-refractivity contribution in [2.45, 2.75) is 19.5 Å². The van der Waals surface area contributed by atoms with Crippen molar-refractivity contribution >= 4 is 61.9 Å². The van der Waals surface area contributed by atoms with Gasteiger partial charge in [0.25, 0.3) is 0 Å². The molecule has 0 aliphatic carbocycles. The molecule has 0 bridgehead atoms. The summed E-state index contributed by atoms with van der Waals surface area (Å²) in [6, 6.07) is 13.9. The highest BCUT2D eigenvalue weighted by Crippen LogP contribution is 2.33. The number of halogens is 3. The van der Waals surface area contributed by atoms with E-state index < -0.39 is 0 Å². The molecule has 34 heavy (non-hydrogen) atoms. The van der Waals surface area contributed by atoms with Crippen LogP contribution in [0.15, 0.2) is 59.2 Å². The molecule has 2 aromatic heterocycles. The Labute approximate surface area is 220 Å². The van der Waals surface area contributed by atoms with E-state index in [2.05, 4.69) is 49.3 Å². The van der Waals surface area contributed by atoms with Crippen molar-refractivity contribution in [3.63, 3.8) is 0 Å². The summed E-state index contributed by atoms with van der Waals surface area (Å²) in [5.41, 5.74) is 4.36. The minimum atomic E-state index is -0.128. The first-order chi connectivity index (χ1) is 16.5. The number of nitrogens with one attached hydrogen (secondary N) is 1. The first-order valence-electron chi connectivity index (χ1n) is 10.8. The van der Waals surface area contributed by atoms with Crippen LogP contribution in [0.5, 0.6) is 0 Å². The minimum absolute atomic E-state index is 0.128. The number of thiazole rings is 1. The standard InChI is InChI=1S/C25H21BrCl2N4OS/c26-17-5-8-22-20(12-17)21-15-31(10-1-2-16-3-6-18(27)7-4-16)11-9-23(21)32(22)25(33)30-14-19-13-29-24(28)34-19/h1-8,12-13,27H,9-11,14-15H2/p+1/b2-1+. The highest BCUT2D eigenvalue weighted by Gasteiger charge is 2.26. The first kappa shape index (κ1) is 23.6. The van der Waals surface area contributed by atoms with E-state index in [1.165, 1.54) is 16.9 Å². The van der Waals surface area contributed by atoms with E-state index in [1.807, 2.05) is 41.0 Å². The Bertz CT molecular complexity index is 1380. The lowest BCUT2D eigenvalue weighted by molar-refractivity contribution is -0.288. The molecule has 0 unspecified atom stereocenters. The zero-order chi connectivity index (χ0) is 23.7. The normalized spacial score (nSPS) is 14.1. The zero-order valence-corrected chi connectivity index (χ0v) is 22.1. The van der Waals surface area contributed by atoms with E-state index in [-0.39, 0.29) is 6.03 Å². The zero-order valence-electron chi connectivity index (χ0n) is 18.1. The summed E-state index contributed by atoms with van der Waals surface area (Å²) < 4.78 is 3.31. The van der Waals surface area contributed by atoms with Gasteiger partial charge in [0.15, 0.2) is 16.1 Å². The molecule has 2 aromatic carbocycles. The highest BCUT2D eigenvalue weighted by atomic mass is 79.9. The lowest BCUT2D eigenvalue weighted by Gasteiger charge is -2.27. The minimum Gasteiger partial charge on any atom is -0.332 e. The molecule has 9 heteroatoms. The molecular formula is C25H22BrCl2N4OS+. The Morgan fingerprint density at radius 1 is 1.26 bits per heavy atom. The van der Waals surface area contributed by atoms with Crippen LogP contribution >= 0.6 is 38.9 Å². The Hall–Kier alpha value is -2.16. The van der Waals surface area contributed by atoms with Gasteiger partial charge in [0.05, 0.1) is 12.1 Å². The second-order valence-corrected chi connectivity index (χ2v) is 11.2. The van der Waals surface area contributed by atoms with E-state index >= 15 is 0 Å². The molecule has 0 saturated carbocycles. The number of amides is 1. The van der Waals surface area contributed by atoms with E-state index in [0.29, 0.717) is 11.0 Å². The van der Waals surface area contributed by atoms with Gasteiger partial charge < -0.3 is 5.32 Å². The summed E-state index contributed by atoms with van der Waals surface area (Å²) in [5, 5.41) is 4.99. The molecule has 0 spiro atoms. The van der Waals surface area contributed by atoms with E-state index in [4.69, 9.17) is 23.2 Å². The van der Waals surface area contributed by atoms with Gasteiger partial charge in [-0.1, -0.05) is 39.7 Å². The Morgan fingerprint density at radius 2 is 2.09 bits per heavy atom. The van der Waals surface area contributed by atoms with Crippen LogP contribution in [0.3, 0.4) is 0 Å². The molecule has 0 atom stereocenters. The van der Waals surface area contributed by atoms with Gasteiger partial charge in [0.2, 0.25) is 5.02 Å². The lowest BCUT2D eigenvalue weighted by Crippen LogP contribution is -2.34. The van der Waals surface area contributed by atoms with Gasteiger partial charge in [0, 0.05) is 64.8 Å². The highest BCUT2D eigenvalue weighted by molar-refractivity contribution is 9.10. The SMILES string of the molecule is O=C(NCc1cnc(Cl)s1)n1c2c(c3cc(Br)ccc31)CN(C/C=C/c1ccc([ClH+])cc1)CC2. The fourth-order valence-electron chi connectivity index (χ4n) is 4.30. The van der Waals surface area contributed by atoms with Gasteiger partial charge in [0.1, 0.15) is 0 Å². The van der Waals surface area contributed by atoms with Crippen LogP contribution in [0, 0.1) is 11.6 Å². The molecule has 1 amide bonds. The quantitative estimate of drug-likeness (QED) is 0.315. The Morgan fingerprint density at radius 3 is 2.85 bits per heavy atom. The van der Waals surface area contributed by atoms with Crippen LogP contribution in [-0.4, -0.2) is 33.6 Å². The van der Waals surface area contributed by atoms with Gasteiger partial charge in [-0.25, -0.2) is 9.78 Å². The van der Waals surface area contributed by atoms with Crippen molar-refractivity contribution in [2.24, 2.45) is 0 Å². The maximum absolute atomic E-state index is 13.3. The van der Waals surface area contributed by atoms with E-state index in [0.717, 1.165) is 62.6 Å². The van der Waals surface area contributed by atoms with Gasteiger partial charge >= 0.3 is 6.03 Å². The molecular weight excluding hydrogens is 555 g/mol. The third kappa shape index (κ3) is 5.09. The molecule has 0 fully saturated rings. The summed E-state index contributed by atoms with van der Waals surface area (Å²) in [4.78, 5) is 20.6. The van der Waals surface area contributed by atoms with Crippen LogP contribution in [-0.2, 0) is 19.5 Å². The number of hydrogen-bond acceptors (Lipinski definition) is 4. The second kappa shape index (κ2) is 10.2. The number of rotatable bonds is 5. The van der Waals surface area contributed by atoms with E-state index in [9.17, 15) is 4.79 Å². The Kier molecular flexibility index (Phi) is 7.09. The van der Waals surface area contributed by atoms with Crippen molar-refractivity contribution in [2.75, 3.05) is 13.1 Å². The number of nitrogens with zero attached hydrogens (tertiary/aromatic N) is 3. The third-order valence-corrected chi connectivity index (χ3v) is 7.77. The fraction of sp³-hybridized carbons (Fsp3) is 0.200. The number of fused-ring (bicyclic) bond motifs is 3. The molecule has 3 heterocycles. The maximum Gasteiger partial charge on any atom is 0.326 e. The van der Waals surface area contributed by atoms with Crippen LogP contribution in [0.25, 0.3) is 17.0 Å². The summed E-state index contributed by atoms with van der Waals surface area (Å²) in [5.74, 6) is 0. The largest absolute Gasteiger partial charge is 0.332 e. The number of aromatic nitrogens is 2. The van der Waals surface area contributed by atoms with Gasteiger partial charge in [-0.15, -0.1) is 11.3 Å².